The molecule has 0 aliphatic carbocycles. The molecule has 0 aliphatic rings. The summed E-state index contributed by atoms with van der Waals surface area (Å²) in [6, 6.07) is 0.00579. The Morgan fingerprint density at radius 1 is 1.53 bits per heavy atom. The van der Waals surface area contributed by atoms with E-state index in [2.05, 4.69) is 9.71 Å². The van der Waals surface area contributed by atoms with Crippen LogP contribution in [0, 0.1) is 0 Å². The first-order valence-corrected chi connectivity index (χ1v) is 6.11. The quantitative estimate of drug-likeness (QED) is 0.854. The molecule has 1 heterocycles. The second-order valence-electron chi connectivity index (χ2n) is 4.68. The van der Waals surface area contributed by atoms with Crippen LogP contribution in [-0.2, 0) is 18.0 Å². The van der Waals surface area contributed by atoms with E-state index in [-0.39, 0.29) is 10.8 Å². The van der Waals surface area contributed by atoms with E-state index in [0.29, 0.717) is 0 Å². The first kappa shape index (κ1) is 12.4. The minimum absolute atomic E-state index is 0.00579. The number of aryl methyl sites for hydroxylation is 1. The lowest BCUT2D eigenvalue weighted by Crippen LogP contribution is -2.34. The second kappa shape index (κ2) is 4.45. The number of nitrogens with zero attached hydrogens (tertiary/aromatic N) is 2. The highest BCUT2D eigenvalue weighted by Gasteiger charge is 2.22. The lowest BCUT2D eigenvalue weighted by Gasteiger charge is -2.20. The maximum absolute atomic E-state index is 11.8. The van der Waals surface area contributed by atoms with Gasteiger partial charge in [0.05, 0.1) is 33.8 Å². The van der Waals surface area contributed by atoms with Crippen LogP contribution in [0.4, 0.5) is 0 Å². The summed E-state index contributed by atoms with van der Waals surface area (Å²) in [7, 11) is 0.863. The summed E-state index contributed by atoms with van der Waals surface area (Å²) < 4.78 is 16.5. The number of rotatable bonds is 3. The van der Waals surface area contributed by atoms with Crippen molar-refractivity contribution in [3.63, 3.8) is 0 Å². The van der Waals surface area contributed by atoms with Crippen molar-refractivity contribution in [1.29, 1.82) is 0 Å². The fourth-order valence-corrected chi connectivity index (χ4v) is 1.85. The highest BCUT2D eigenvalue weighted by atomic mass is 32.2. The Bertz CT molecular complexity index is 354. The van der Waals surface area contributed by atoms with E-state index in [1.165, 1.54) is 0 Å². The van der Waals surface area contributed by atoms with Crippen LogP contribution < -0.4 is 4.72 Å². The van der Waals surface area contributed by atoms with E-state index < -0.39 is 11.0 Å². The molecule has 0 radical (unpaired) electrons. The van der Waals surface area contributed by atoms with Gasteiger partial charge in [0.2, 0.25) is 0 Å². The Morgan fingerprint density at radius 3 is 2.53 bits per heavy atom. The van der Waals surface area contributed by atoms with Gasteiger partial charge in [-0.1, -0.05) is 0 Å². The third kappa shape index (κ3) is 3.43. The van der Waals surface area contributed by atoms with E-state index in [4.69, 9.17) is 0 Å². The van der Waals surface area contributed by atoms with Crippen LogP contribution in [0.2, 0.25) is 0 Å². The van der Waals surface area contributed by atoms with Crippen molar-refractivity contribution >= 4 is 11.0 Å². The summed E-state index contributed by atoms with van der Waals surface area (Å²) in [5, 5.41) is 0. The van der Waals surface area contributed by atoms with Crippen molar-refractivity contribution in [2.24, 2.45) is 7.05 Å². The zero-order valence-corrected chi connectivity index (χ0v) is 10.8. The van der Waals surface area contributed by atoms with Crippen LogP contribution in [0.15, 0.2) is 12.5 Å². The number of hydrogen-bond acceptors (Lipinski definition) is 2. The van der Waals surface area contributed by atoms with Crippen LogP contribution in [0.3, 0.4) is 0 Å². The Morgan fingerprint density at radius 2 is 2.13 bits per heavy atom. The van der Waals surface area contributed by atoms with Crippen LogP contribution >= 0.6 is 0 Å². The highest BCUT2D eigenvalue weighted by molar-refractivity contribution is 7.84. The number of nitrogens with one attached hydrogen (secondary N) is 1. The third-order valence-corrected chi connectivity index (χ3v) is 3.69. The van der Waals surface area contributed by atoms with Gasteiger partial charge in [0, 0.05) is 13.2 Å². The predicted molar refractivity (Wildman–Crippen MR) is 62.7 cm³/mol. The van der Waals surface area contributed by atoms with Gasteiger partial charge in [-0.2, -0.15) is 0 Å². The maximum atomic E-state index is 11.8. The lowest BCUT2D eigenvalue weighted by atomic mass is 10.3. The van der Waals surface area contributed by atoms with Crippen molar-refractivity contribution in [1.82, 2.24) is 14.3 Å². The van der Waals surface area contributed by atoms with E-state index in [9.17, 15) is 4.21 Å². The molecule has 5 heteroatoms. The van der Waals surface area contributed by atoms with Gasteiger partial charge in [-0.15, -0.1) is 0 Å². The number of aromatic nitrogens is 2. The Kier molecular flexibility index (Phi) is 3.67. The van der Waals surface area contributed by atoms with Crippen LogP contribution in [0.25, 0.3) is 0 Å². The summed E-state index contributed by atoms with van der Waals surface area (Å²) in [5.74, 6) is 0. The van der Waals surface area contributed by atoms with E-state index in [1.807, 2.05) is 45.5 Å². The van der Waals surface area contributed by atoms with Crippen molar-refractivity contribution in [3.8, 4) is 0 Å². The Hall–Kier alpha value is -0.680. The van der Waals surface area contributed by atoms with Crippen molar-refractivity contribution in [2.45, 2.75) is 38.5 Å². The molecular formula is C10H19N3OS. The van der Waals surface area contributed by atoms with Crippen LogP contribution in [0.1, 0.15) is 39.4 Å². The molecule has 1 aromatic rings. The molecule has 0 amide bonds. The molecule has 2 unspecified atom stereocenters. The zero-order valence-electron chi connectivity index (χ0n) is 9.94. The first-order valence-electron chi connectivity index (χ1n) is 4.96. The molecule has 0 spiro atoms. The van der Waals surface area contributed by atoms with Crippen LogP contribution in [0.5, 0.6) is 0 Å². The number of imidazole rings is 1. The van der Waals surface area contributed by atoms with Gasteiger partial charge in [0.1, 0.15) is 0 Å². The molecule has 4 nitrogen and oxygen atoms in total. The minimum Gasteiger partial charge on any atom is -0.340 e. The zero-order chi connectivity index (χ0) is 11.6. The summed E-state index contributed by atoms with van der Waals surface area (Å²) in [6.07, 6.45) is 3.67. The topological polar surface area (TPSA) is 46.9 Å². The standard InChI is InChI=1S/C10H19N3OS/c1-8(9-6-13(5)7-11-9)12-15(14)10(2,3)4/h6-8,12H,1-5H3. The third-order valence-electron chi connectivity index (χ3n) is 2.01. The van der Waals surface area contributed by atoms with Crippen molar-refractivity contribution in [3.05, 3.63) is 18.2 Å². The maximum Gasteiger partial charge on any atom is 0.0976 e. The summed E-state index contributed by atoms with van der Waals surface area (Å²) >= 11 is 0. The molecule has 2 atom stereocenters. The van der Waals surface area contributed by atoms with Gasteiger partial charge >= 0.3 is 0 Å². The predicted octanol–water partition coefficient (Wildman–Crippen LogP) is 1.53. The summed E-state index contributed by atoms with van der Waals surface area (Å²) in [4.78, 5) is 4.22. The summed E-state index contributed by atoms with van der Waals surface area (Å²) in [6.45, 7) is 7.80. The molecule has 1 N–H and O–H groups in total. The van der Waals surface area contributed by atoms with Gasteiger partial charge in [0.25, 0.3) is 0 Å². The van der Waals surface area contributed by atoms with Crippen LogP contribution in [-0.4, -0.2) is 18.5 Å². The SMILES string of the molecule is CC(NS(=O)C(C)(C)C)c1cn(C)cn1. The smallest absolute Gasteiger partial charge is 0.0976 e. The van der Waals surface area contributed by atoms with Crippen molar-refractivity contribution in [2.75, 3.05) is 0 Å². The Labute approximate surface area is 93.7 Å². The molecule has 0 aromatic carbocycles. The monoisotopic (exact) mass is 229 g/mol. The van der Waals surface area contributed by atoms with Gasteiger partial charge in [-0.3, -0.25) is 0 Å². The molecule has 0 fully saturated rings. The minimum atomic E-state index is -1.06. The molecule has 0 saturated heterocycles. The van der Waals surface area contributed by atoms with E-state index in [0.717, 1.165) is 5.69 Å². The average molecular weight is 229 g/mol. The molecule has 86 valence electrons. The largest absolute Gasteiger partial charge is 0.340 e. The lowest BCUT2D eigenvalue weighted by molar-refractivity contribution is 0.612. The molecule has 0 bridgehead atoms. The molecule has 0 saturated carbocycles. The Balaban J connectivity index is 2.64. The molecular weight excluding hydrogens is 210 g/mol. The normalized spacial score (nSPS) is 16.3. The van der Waals surface area contributed by atoms with Crippen molar-refractivity contribution < 1.29 is 4.21 Å². The summed E-state index contributed by atoms with van der Waals surface area (Å²) in [5.41, 5.74) is 0.912. The average Bonchev–Trinajstić information content (AvgIpc) is 2.50. The van der Waals surface area contributed by atoms with E-state index >= 15 is 0 Å². The molecule has 1 aromatic heterocycles. The molecule has 15 heavy (non-hydrogen) atoms. The molecule has 0 aliphatic heterocycles. The fraction of sp³-hybridized carbons (Fsp3) is 0.700. The number of hydrogen-bond donors (Lipinski definition) is 1. The van der Waals surface area contributed by atoms with Gasteiger partial charge in [-0.25, -0.2) is 13.9 Å². The van der Waals surface area contributed by atoms with Gasteiger partial charge in [-0.05, 0) is 27.7 Å². The highest BCUT2D eigenvalue weighted by Crippen LogP contribution is 2.15. The fourth-order valence-electron chi connectivity index (χ4n) is 1.05. The molecule has 1 rings (SSSR count). The van der Waals surface area contributed by atoms with Gasteiger partial charge in [0.15, 0.2) is 0 Å². The second-order valence-corrected chi connectivity index (χ2v) is 6.68. The van der Waals surface area contributed by atoms with E-state index in [1.54, 1.807) is 6.33 Å². The first-order chi connectivity index (χ1) is 6.80. The van der Waals surface area contributed by atoms with Gasteiger partial charge < -0.3 is 4.57 Å².